The maximum absolute atomic E-state index is 10.8. The molecule has 2 aromatic rings. The Labute approximate surface area is 109 Å². The second kappa shape index (κ2) is 6.05. The van der Waals surface area contributed by atoms with Crippen molar-refractivity contribution in [2.24, 2.45) is 0 Å². The van der Waals surface area contributed by atoms with Crippen LogP contribution in [0.2, 0.25) is 0 Å². The standard InChI is InChI=1S/C12H14N4O3/c1-19-6-2-5-13-12-10-7-9(16(17)18)3-4-11(10)14-8-15-12/h3-4,7-8H,2,5-6H2,1H3,(H,13,14,15). The summed E-state index contributed by atoms with van der Waals surface area (Å²) >= 11 is 0. The fourth-order valence-corrected chi connectivity index (χ4v) is 1.72. The van der Waals surface area contributed by atoms with E-state index in [4.69, 9.17) is 4.74 Å². The van der Waals surface area contributed by atoms with Crippen LogP contribution in [0.4, 0.5) is 11.5 Å². The molecule has 0 fully saturated rings. The van der Waals surface area contributed by atoms with Crippen LogP contribution in [0.15, 0.2) is 24.5 Å². The van der Waals surface area contributed by atoms with Gasteiger partial charge in [-0.05, 0) is 12.5 Å². The molecule has 7 heteroatoms. The SMILES string of the molecule is COCCCNc1ncnc2ccc([N+](=O)[O-])cc12. The number of ether oxygens (including phenoxy) is 1. The molecule has 0 aliphatic carbocycles. The maximum Gasteiger partial charge on any atom is 0.270 e. The van der Waals surface area contributed by atoms with E-state index in [1.807, 2.05) is 0 Å². The van der Waals surface area contributed by atoms with Gasteiger partial charge in [0.25, 0.3) is 5.69 Å². The van der Waals surface area contributed by atoms with Crippen molar-refractivity contribution >= 4 is 22.4 Å². The Balaban J connectivity index is 2.26. The molecule has 0 bridgehead atoms. The highest BCUT2D eigenvalue weighted by molar-refractivity contribution is 5.90. The van der Waals surface area contributed by atoms with Crippen LogP contribution in [0.1, 0.15) is 6.42 Å². The normalized spacial score (nSPS) is 10.6. The van der Waals surface area contributed by atoms with Crippen molar-refractivity contribution in [3.05, 3.63) is 34.6 Å². The van der Waals surface area contributed by atoms with Crippen LogP contribution in [0.5, 0.6) is 0 Å². The van der Waals surface area contributed by atoms with Gasteiger partial charge < -0.3 is 10.1 Å². The zero-order valence-electron chi connectivity index (χ0n) is 10.5. The molecular weight excluding hydrogens is 248 g/mol. The highest BCUT2D eigenvalue weighted by Crippen LogP contribution is 2.24. The number of methoxy groups -OCH3 is 1. The minimum Gasteiger partial charge on any atom is -0.385 e. The Kier molecular flexibility index (Phi) is 4.19. The molecule has 0 radical (unpaired) electrons. The molecule has 2 rings (SSSR count). The molecule has 19 heavy (non-hydrogen) atoms. The summed E-state index contributed by atoms with van der Waals surface area (Å²) in [6, 6.07) is 4.54. The molecule has 1 aromatic carbocycles. The van der Waals surface area contributed by atoms with Crippen molar-refractivity contribution in [1.82, 2.24) is 9.97 Å². The smallest absolute Gasteiger partial charge is 0.270 e. The van der Waals surface area contributed by atoms with E-state index >= 15 is 0 Å². The van der Waals surface area contributed by atoms with Gasteiger partial charge in [-0.3, -0.25) is 10.1 Å². The number of non-ortho nitro benzene ring substituents is 1. The number of nitrogens with zero attached hydrogens (tertiary/aromatic N) is 3. The number of rotatable bonds is 6. The van der Waals surface area contributed by atoms with E-state index in [0.29, 0.717) is 29.9 Å². The summed E-state index contributed by atoms with van der Waals surface area (Å²) in [6.07, 6.45) is 2.27. The van der Waals surface area contributed by atoms with Gasteiger partial charge in [-0.25, -0.2) is 9.97 Å². The predicted octanol–water partition coefficient (Wildman–Crippen LogP) is 1.99. The third-order valence-corrected chi connectivity index (χ3v) is 2.65. The molecule has 0 saturated carbocycles. The van der Waals surface area contributed by atoms with E-state index in [9.17, 15) is 10.1 Å². The van der Waals surface area contributed by atoms with Crippen LogP contribution < -0.4 is 5.32 Å². The summed E-state index contributed by atoms with van der Waals surface area (Å²) in [5.41, 5.74) is 0.706. The van der Waals surface area contributed by atoms with Crippen LogP contribution in [0.3, 0.4) is 0 Å². The number of nitro benzene ring substituents is 1. The van der Waals surface area contributed by atoms with E-state index in [0.717, 1.165) is 6.42 Å². The second-order valence-electron chi connectivity index (χ2n) is 3.95. The molecule has 0 atom stereocenters. The lowest BCUT2D eigenvalue weighted by Gasteiger charge is -2.07. The van der Waals surface area contributed by atoms with Crippen LogP contribution >= 0.6 is 0 Å². The van der Waals surface area contributed by atoms with E-state index in [1.54, 1.807) is 13.2 Å². The minimum atomic E-state index is -0.429. The molecule has 0 aliphatic rings. The summed E-state index contributed by atoms with van der Waals surface area (Å²) < 4.78 is 4.96. The van der Waals surface area contributed by atoms with Crippen LogP contribution in [0, 0.1) is 10.1 Å². The lowest BCUT2D eigenvalue weighted by Crippen LogP contribution is -2.06. The summed E-state index contributed by atoms with van der Waals surface area (Å²) in [4.78, 5) is 18.6. The lowest BCUT2D eigenvalue weighted by atomic mass is 10.2. The minimum absolute atomic E-state index is 0.0299. The fourth-order valence-electron chi connectivity index (χ4n) is 1.72. The number of fused-ring (bicyclic) bond motifs is 1. The average Bonchev–Trinajstić information content (AvgIpc) is 2.43. The van der Waals surface area contributed by atoms with E-state index in [1.165, 1.54) is 18.5 Å². The zero-order valence-corrected chi connectivity index (χ0v) is 10.5. The van der Waals surface area contributed by atoms with Gasteiger partial charge in [0, 0.05) is 37.8 Å². The van der Waals surface area contributed by atoms with Crippen LogP contribution in [0.25, 0.3) is 10.9 Å². The fraction of sp³-hybridized carbons (Fsp3) is 0.333. The zero-order chi connectivity index (χ0) is 13.7. The van der Waals surface area contributed by atoms with Gasteiger partial charge in [-0.1, -0.05) is 0 Å². The molecular formula is C12H14N4O3. The lowest BCUT2D eigenvalue weighted by molar-refractivity contribution is -0.384. The highest BCUT2D eigenvalue weighted by atomic mass is 16.6. The molecule has 1 N–H and O–H groups in total. The Hall–Kier alpha value is -2.28. The van der Waals surface area contributed by atoms with E-state index in [2.05, 4.69) is 15.3 Å². The van der Waals surface area contributed by atoms with Gasteiger partial charge in [-0.2, -0.15) is 0 Å². The van der Waals surface area contributed by atoms with Crippen molar-refractivity contribution in [2.45, 2.75) is 6.42 Å². The molecule has 0 spiro atoms. The molecule has 1 heterocycles. The molecule has 100 valence electrons. The van der Waals surface area contributed by atoms with Gasteiger partial charge in [0.05, 0.1) is 10.4 Å². The van der Waals surface area contributed by atoms with E-state index in [-0.39, 0.29) is 5.69 Å². The number of benzene rings is 1. The van der Waals surface area contributed by atoms with Gasteiger partial charge in [0.1, 0.15) is 12.1 Å². The Morgan fingerprint density at radius 1 is 1.42 bits per heavy atom. The Morgan fingerprint density at radius 3 is 3.00 bits per heavy atom. The van der Waals surface area contributed by atoms with Crippen LogP contribution in [-0.4, -0.2) is 35.2 Å². The number of aromatic nitrogens is 2. The van der Waals surface area contributed by atoms with Crippen molar-refractivity contribution < 1.29 is 9.66 Å². The topological polar surface area (TPSA) is 90.2 Å². The molecule has 0 saturated heterocycles. The van der Waals surface area contributed by atoms with Crippen molar-refractivity contribution in [3.63, 3.8) is 0 Å². The molecule has 0 unspecified atom stereocenters. The number of anilines is 1. The first-order valence-electron chi connectivity index (χ1n) is 5.84. The van der Waals surface area contributed by atoms with Crippen LogP contribution in [-0.2, 0) is 4.74 Å². The largest absolute Gasteiger partial charge is 0.385 e. The molecule has 7 nitrogen and oxygen atoms in total. The number of nitrogens with one attached hydrogen (secondary N) is 1. The highest BCUT2D eigenvalue weighted by Gasteiger charge is 2.10. The van der Waals surface area contributed by atoms with E-state index < -0.39 is 4.92 Å². The first-order valence-corrected chi connectivity index (χ1v) is 5.84. The number of hydrogen-bond acceptors (Lipinski definition) is 6. The quantitative estimate of drug-likeness (QED) is 0.486. The van der Waals surface area contributed by atoms with Crippen molar-refractivity contribution in [1.29, 1.82) is 0 Å². The maximum atomic E-state index is 10.8. The summed E-state index contributed by atoms with van der Waals surface area (Å²) in [5.74, 6) is 0.602. The predicted molar refractivity (Wildman–Crippen MR) is 71.2 cm³/mol. The average molecular weight is 262 g/mol. The Morgan fingerprint density at radius 2 is 2.26 bits per heavy atom. The number of hydrogen-bond donors (Lipinski definition) is 1. The third-order valence-electron chi connectivity index (χ3n) is 2.65. The summed E-state index contributed by atoms with van der Waals surface area (Å²) in [6.45, 7) is 1.33. The van der Waals surface area contributed by atoms with Gasteiger partial charge >= 0.3 is 0 Å². The third kappa shape index (κ3) is 3.14. The van der Waals surface area contributed by atoms with Gasteiger partial charge in [0.15, 0.2) is 0 Å². The first kappa shape index (κ1) is 13.2. The second-order valence-corrected chi connectivity index (χ2v) is 3.95. The van der Waals surface area contributed by atoms with Crippen molar-refractivity contribution in [2.75, 3.05) is 25.6 Å². The summed E-state index contributed by atoms with van der Waals surface area (Å²) in [5, 5.41) is 14.6. The summed E-state index contributed by atoms with van der Waals surface area (Å²) in [7, 11) is 1.64. The molecule has 1 aromatic heterocycles. The Bertz CT molecular complexity index is 588. The first-order chi connectivity index (χ1) is 9.22. The molecule has 0 amide bonds. The van der Waals surface area contributed by atoms with Crippen molar-refractivity contribution in [3.8, 4) is 0 Å². The monoisotopic (exact) mass is 262 g/mol. The van der Waals surface area contributed by atoms with Gasteiger partial charge in [-0.15, -0.1) is 0 Å². The molecule has 0 aliphatic heterocycles. The van der Waals surface area contributed by atoms with Gasteiger partial charge in [0.2, 0.25) is 0 Å². The number of nitro groups is 1.